The first-order valence-corrected chi connectivity index (χ1v) is 3.61. The molecule has 60 valence electrons. The minimum absolute atomic E-state index is 0.122. The van der Waals surface area contributed by atoms with Crippen molar-refractivity contribution in [2.75, 3.05) is 13.2 Å². The molecule has 0 bridgehead atoms. The molecule has 1 aliphatic heterocycles. The number of carbonyl (C=O) groups is 1. The maximum absolute atomic E-state index is 11.0. The summed E-state index contributed by atoms with van der Waals surface area (Å²) in [4.78, 5) is 11.0. The van der Waals surface area contributed by atoms with Gasteiger partial charge in [-0.1, -0.05) is 0 Å². The van der Waals surface area contributed by atoms with Gasteiger partial charge in [0.25, 0.3) is 0 Å². The maximum atomic E-state index is 11.0. The molecular weight excluding hydrogens is 144 g/mol. The van der Waals surface area contributed by atoms with Crippen LogP contribution in [-0.4, -0.2) is 19.1 Å². The summed E-state index contributed by atoms with van der Waals surface area (Å²) < 4.78 is 5.08. The topological polar surface area (TPSA) is 62.1 Å². The lowest BCUT2D eigenvalue weighted by Crippen LogP contribution is -2.32. The van der Waals surface area contributed by atoms with Gasteiger partial charge in [-0.05, 0) is 12.8 Å². The van der Waals surface area contributed by atoms with Crippen molar-refractivity contribution in [3.05, 3.63) is 0 Å². The Balaban J connectivity index is 2.34. The highest BCUT2D eigenvalue weighted by atomic mass is 16.5. The highest BCUT2D eigenvalue weighted by Gasteiger charge is 2.20. The molecule has 0 spiro atoms. The Hall–Kier alpha value is -1.08. The van der Waals surface area contributed by atoms with Crippen LogP contribution in [0.1, 0.15) is 12.8 Å². The van der Waals surface area contributed by atoms with Crippen molar-refractivity contribution in [2.24, 2.45) is 5.92 Å². The molecule has 1 rings (SSSR count). The number of hydrogen-bond acceptors (Lipinski definition) is 3. The quantitative estimate of drug-likeness (QED) is 0.427. The van der Waals surface area contributed by atoms with Crippen LogP contribution in [0, 0.1) is 17.4 Å². The number of rotatable bonds is 1. The third-order valence-corrected chi connectivity index (χ3v) is 1.71. The van der Waals surface area contributed by atoms with Crippen molar-refractivity contribution in [3.63, 3.8) is 0 Å². The molecule has 1 amide bonds. The van der Waals surface area contributed by atoms with Gasteiger partial charge in [-0.15, -0.1) is 0 Å². The number of ether oxygens (including phenoxy) is 1. The average Bonchev–Trinajstić information content (AvgIpc) is 2.07. The van der Waals surface area contributed by atoms with Gasteiger partial charge in [0.1, 0.15) is 0 Å². The van der Waals surface area contributed by atoms with E-state index >= 15 is 0 Å². The molecule has 0 saturated carbocycles. The van der Waals surface area contributed by atoms with E-state index in [0.29, 0.717) is 6.61 Å². The predicted octanol–water partition coefficient (Wildman–Crippen LogP) is 0.0103. The van der Waals surface area contributed by atoms with E-state index in [1.807, 2.05) is 0 Å². The summed E-state index contributed by atoms with van der Waals surface area (Å²) in [6.07, 6.45) is 3.34. The van der Waals surface area contributed by atoms with Crippen LogP contribution in [0.2, 0.25) is 0 Å². The third kappa shape index (κ3) is 2.20. The van der Waals surface area contributed by atoms with E-state index in [-0.39, 0.29) is 11.8 Å². The molecule has 11 heavy (non-hydrogen) atoms. The monoisotopic (exact) mass is 154 g/mol. The van der Waals surface area contributed by atoms with Crippen LogP contribution in [0.15, 0.2) is 0 Å². The molecule has 1 N–H and O–H groups in total. The highest BCUT2D eigenvalue weighted by Crippen LogP contribution is 2.12. The molecule has 0 aromatic heterocycles. The zero-order valence-corrected chi connectivity index (χ0v) is 6.17. The molecule has 1 fully saturated rings. The fraction of sp³-hybridized carbons (Fsp3) is 0.714. The number of carbonyl (C=O) groups excluding carboxylic acids is 1. The minimum Gasteiger partial charge on any atom is -0.381 e. The van der Waals surface area contributed by atoms with Crippen molar-refractivity contribution in [1.82, 2.24) is 5.32 Å². The van der Waals surface area contributed by atoms with E-state index in [0.717, 1.165) is 19.4 Å². The molecular formula is C7H10N2O2. The van der Waals surface area contributed by atoms with Crippen LogP contribution < -0.4 is 5.32 Å². The SMILES string of the molecule is N#CNC(=O)C1CCCOC1. The number of amides is 1. The van der Waals surface area contributed by atoms with Crippen LogP contribution in [0.4, 0.5) is 0 Å². The average molecular weight is 154 g/mol. The van der Waals surface area contributed by atoms with E-state index in [2.05, 4.69) is 5.32 Å². The molecule has 4 nitrogen and oxygen atoms in total. The van der Waals surface area contributed by atoms with Crippen LogP contribution >= 0.6 is 0 Å². The smallest absolute Gasteiger partial charge is 0.238 e. The van der Waals surface area contributed by atoms with Gasteiger partial charge >= 0.3 is 0 Å². The number of nitrogens with zero attached hydrogens (tertiary/aromatic N) is 1. The Morgan fingerprint density at radius 1 is 1.73 bits per heavy atom. The van der Waals surface area contributed by atoms with Gasteiger partial charge in [-0.3, -0.25) is 10.1 Å². The fourth-order valence-electron chi connectivity index (χ4n) is 1.10. The van der Waals surface area contributed by atoms with Gasteiger partial charge in [0.15, 0.2) is 6.19 Å². The Bertz CT molecular complexity index is 179. The standard InChI is InChI=1S/C7H10N2O2/c8-5-9-7(10)6-2-1-3-11-4-6/h6H,1-4H2,(H,9,10). The normalized spacial score (nSPS) is 23.7. The zero-order chi connectivity index (χ0) is 8.10. The Labute approximate surface area is 65.1 Å². The van der Waals surface area contributed by atoms with Gasteiger partial charge in [-0.25, -0.2) is 0 Å². The second-order valence-corrected chi connectivity index (χ2v) is 2.52. The first-order chi connectivity index (χ1) is 5.34. The lowest BCUT2D eigenvalue weighted by molar-refractivity contribution is -0.127. The molecule has 1 saturated heterocycles. The summed E-state index contributed by atoms with van der Waals surface area (Å²) in [7, 11) is 0. The van der Waals surface area contributed by atoms with Gasteiger partial charge in [-0.2, -0.15) is 5.26 Å². The summed E-state index contributed by atoms with van der Waals surface area (Å²) >= 11 is 0. The van der Waals surface area contributed by atoms with Gasteiger partial charge in [0, 0.05) is 6.61 Å². The van der Waals surface area contributed by atoms with Crippen LogP contribution in [-0.2, 0) is 9.53 Å². The van der Waals surface area contributed by atoms with Crippen molar-refractivity contribution in [3.8, 4) is 6.19 Å². The van der Waals surface area contributed by atoms with Crippen LogP contribution in [0.3, 0.4) is 0 Å². The first-order valence-electron chi connectivity index (χ1n) is 3.61. The minimum atomic E-state index is -0.216. The van der Waals surface area contributed by atoms with Crippen LogP contribution in [0.5, 0.6) is 0 Å². The molecule has 0 aromatic rings. The molecule has 0 aliphatic carbocycles. The fourth-order valence-corrected chi connectivity index (χ4v) is 1.10. The Kier molecular flexibility index (Phi) is 2.87. The number of nitrogens with one attached hydrogen (secondary N) is 1. The van der Waals surface area contributed by atoms with E-state index in [4.69, 9.17) is 10.00 Å². The van der Waals surface area contributed by atoms with Crippen molar-refractivity contribution in [2.45, 2.75) is 12.8 Å². The van der Waals surface area contributed by atoms with Crippen molar-refractivity contribution >= 4 is 5.91 Å². The van der Waals surface area contributed by atoms with Crippen LogP contribution in [0.25, 0.3) is 0 Å². The lowest BCUT2D eigenvalue weighted by atomic mass is 10.0. The third-order valence-electron chi connectivity index (χ3n) is 1.71. The summed E-state index contributed by atoms with van der Waals surface area (Å²) in [5, 5.41) is 10.2. The molecule has 1 heterocycles. The van der Waals surface area contributed by atoms with E-state index < -0.39 is 0 Å². The Morgan fingerprint density at radius 3 is 3.09 bits per heavy atom. The summed E-state index contributed by atoms with van der Waals surface area (Å²) in [6, 6.07) is 0. The molecule has 4 heteroatoms. The first kappa shape index (κ1) is 8.02. The zero-order valence-electron chi connectivity index (χ0n) is 6.17. The molecule has 1 atom stereocenters. The van der Waals surface area contributed by atoms with E-state index in [1.54, 1.807) is 6.19 Å². The van der Waals surface area contributed by atoms with Crippen molar-refractivity contribution < 1.29 is 9.53 Å². The summed E-state index contributed by atoms with van der Waals surface area (Å²) in [6.45, 7) is 1.18. The molecule has 1 aliphatic rings. The second-order valence-electron chi connectivity index (χ2n) is 2.52. The summed E-state index contributed by atoms with van der Waals surface area (Å²) in [5.41, 5.74) is 0. The van der Waals surface area contributed by atoms with E-state index in [9.17, 15) is 4.79 Å². The molecule has 0 aromatic carbocycles. The maximum Gasteiger partial charge on any atom is 0.238 e. The number of hydrogen-bond donors (Lipinski definition) is 1. The molecule has 0 radical (unpaired) electrons. The van der Waals surface area contributed by atoms with Gasteiger partial charge in [0.2, 0.25) is 5.91 Å². The summed E-state index contributed by atoms with van der Waals surface area (Å²) in [5.74, 6) is -0.337. The highest BCUT2D eigenvalue weighted by molar-refractivity contribution is 5.80. The van der Waals surface area contributed by atoms with Gasteiger partial charge in [0.05, 0.1) is 12.5 Å². The number of nitriles is 1. The Morgan fingerprint density at radius 2 is 2.55 bits per heavy atom. The largest absolute Gasteiger partial charge is 0.381 e. The van der Waals surface area contributed by atoms with Crippen molar-refractivity contribution in [1.29, 1.82) is 5.26 Å². The molecule has 1 unspecified atom stereocenters. The lowest BCUT2D eigenvalue weighted by Gasteiger charge is -2.19. The second kappa shape index (κ2) is 3.94. The predicted molar refractivity (Wildman–Crippen MR) is 37.3 cm³/mol. The van der Waals surface area contributed by atoms with E-state index in [1.165, 1.54) is 0 Å². The van der Waals surface area contributed by atoms with Gasteiger partial charge < -0.3 is 4.74 Å².